The highest BCUT2D eigenvalue weighted by Gasteiger charge is 2.34. The van der Waals surface area contributed by atoms with Gasteiger partial charge in [-0.2, -0.15) is 0 Å². The number of rotatable bonds is 2. The van der Waals surface area contributed by atoms with Crippen LogP contribution in [0, 0.1) is 5.41 Å². The summed E-state index contributed by atoms with van der Waals surface area (Å²) < 4.78 is 0. The van der Waals surface area contributed by atoms with Gasteiger partial charge in [-0.15, -0.1) is 0 Å². The number of fused-ring (bicyclic) bond motifs is 1. The van der Waals surface area contributed by atoms with E-state index < -0.39 is 0 Å². The molecule has 1 aromatic rings. The fourth-order valence-corrected chi connectivity index (χ4v) is 2.49. The van der Waals surface area contributed by atoms with E-state index in [0.717, 1.165) is 36.2 Å². The first kappa shape index (κ1) is 12.0. The third-order valence-corrected chi connectivity index (χ3v) is 3.13. The minimum absolute atomic E-state index is 0.0195. The van der Waals surface area contributed by atoms with E-state index >= 15 is 0 Å². The van der Waals surface area contributed by atoms with Crippen LogP contribution in [-0.4, -0.2) is 15.8 Å². The van der Waals surface area contributed by atoms with Crippen molar-refractivity contribution < 1.29 is 4.79 Å². The number of hydrogen-bond acceptors (Lipinski definition) is 4. The van der Waals surface area contributed by atoms with E-state index in [-0.39, 0.29) is 17.1 Å². The Labute approximate surface area is 102 Å². The van der Waals surface area contributed by atoms with E-state index in [4.69, 9.17) is 5.73 Å². The van der Waals surface area contributed by atoms with Crippen molar-refractivity contribution in [2.24, 2.45) is 5.41 Å². The number of anilines is 1. The molecule has 1 aliphatic rings. The number of nitrogen functional groups attached to an aromatic ring is 1. The van der Waals surface area contributed by atoms with Crippen molar-refractivity contribution in [1.82, 2.24) is 9.97 Å². The average molecular weight is 233 g/mol. The molecule has 0 spiro atoms. The monoisotopic (exact) mass is 233 g/mol. The van der Waals surface area contributed by atoms with Crippen LogP contribution in [0.15, 0.2) is 0 Å². The first-order valence-electron chi connectivity index (χ1n) is 6.11. The molecule has 0 amide bonds. The number of ketones is 1. The Morgan fingerprint density at radius 2 is 2.00 bits per heavy atom. The van der Waals surface area contributed by atoms with E-state index in [0.29, 0.717) is 6.42 Å². The quantitative estimate of drug-likeness (QED) is 0.850. The van der Waals surface area contributed by atoms with Crippen LogP contribution in [0.3, 0.4) is 0 Å². The van der Waals surface area contributed by atoms with Crippen LogP contribution in [0.5, 0.6) is 0 Å². The summed E-state index contributed by atoms with van der Waals surface area (Å²) in [6.07, 6.45) is 3.13. The molecule has 0 atom stereocenters. The molecule has 1 aliphatic carbocycles. The molecule has 0 radical (unpaired) electrons. The predicted molar refractivity (Wildman–Crippen MR) is 66.9 cm³/mol. The molecular weight excluding hydrogens is 214 g/mol. The summed E-state index contributed by atoms with van der Waals surface area (Å²) in [6.45, 7) is 6.25. The lowest BCUT2D eigenvalue weighted by Crippen LogP contribution is -2.30. The van der Waals surface area contributed by atoms with Crippen molar-refractivity contribution in [3.05, 3.63) is 17.0 Å². The SMILES string of the molecule is CCCc1nc(N)nc2c1C(=O)CC(C)(C)C2. The van der Waals surface area contributed by atoms with Crippen LogP contribution < -0.4 is 5.73 Å². The second kappa shape index (κ2) is 4.09. The summed E-state index contributed by atoms with van der Waals surface area (Å²) in [5.41, 5.74) is 8.09. The normalized spacial score (nSPS) is 17.9. The van der Waals surface area contributed by atoms with Crippen LogP contribution in [0.2, 0.25) is 0 Å². The molecule has 1 aromatic heterocycles. The number of nitrogens with zero attached hydrogens (tertiary/aromatic N) is 2. The fourth-order valence-electron chi connectivity index (χ4n) is 2.49. The van der Waals surface area contributed by atoms with Crippen molar-refractivity contribution in [3.8, 4) is 0 Å². The zero-order valence-corrected chi connectivity index (χ0v) is 10.7. The van der Waals surface area contributed by atoms with Gasteiger partial charge in [0, 0.05) is 6.42 Å². The Morgan fingerprint density at radius 3 is 2.65 bits per heavy atom. The van der Waals surface area contributed by atoms with Crippen molar-refractivity contribution in [2.45, 2.75) is 46.5 Å². The van der Waals surface area contributed by atoms with Crippen molar-refractivity contribution in [1.29, 1.82) is 0 Å². The number of aromatic nitrogens is 2. The molecular formula is C13H19N3O. The number of Topliss-reactive ketones (excluding diaryl/α,β-unsaturated/α-hetero) is 1. The van der Waals surface area contributed by atoms with Crippen molar-refractivity contribution in [2.75, 3.05) is 5.73 Å². The molecule has 17 heavy (non-hydrogen) atoms. The van der Waals surface area contributed by atoms with Gasteiger partial charge in [-0.1, -0.05) is 27.2 Å². The number of aryl methyl sites for hydroxylation is 1. The highest BCUT2D eigenvalue weighted by atomic mass is 16.1. The largest absolute Gasteiger partial charge is 0.368 e. The Bertz CT molecular complexity index is 466. The molecule has 0 saturated carbocycles. The molecule has 2 rings (SSSR count). The van der Waals surface area contributed by atoms with E-state index in [2.05, 4.69) is 30.7 Å². The molecule has 0 aromatic carbocycles. The topological polar surface area (TPSA) is 68.9 Å². The fraction of sp³-hybridized carbons (Fsp3) is 0.615. The molecule has 4 heteroatoms. The molecule has 4 nitrogen and oxygen atoms in total. The van der Waals surface area contributed by atoms with Gasteiger partial charge in [0.05, 0.1) is 17.0 Å². The number of carbonyl (C=O) groups excluding carboxylic acids is 1. The molecule has 2 N–H and O–H groups in total. The maximum Gasteiger partial charge on any atom is 0.220 e. The van der Waals surface area contributed by atoms with Crippen LogP contribution in [0.1, 0.15) is 55.4 Å². The number of hydrogen-bond donors (Lipinski definition) is 1. The molecule has 1 heterocycles. The smallest absolute Gasteiger partial charge is 0.220 e. The van der Waals surface area contributed by atoms with Crippen LogP contribution in [0.25, 0.3) is 0 Å². The Kier molecular flexibility index (Phi) is 2.89. The third-order valence-electron chi connectivity index (χ3n) is 3.13. The van der Waals surface area contributed by atoms with Crippen LogP contribution in [0.4, 0.5) is 5.95 Å². The van der Waals surface area contributed by atoms with E-state index in [9.17, 15) is 4.79 Å². The highest BCUT2D eigenvalue weighted by Crippen LogP contribution is 2.35. The van der Waals surface area contributed by atoms with Gasteiger partial charge in [0.25, 0.3) is 0 Å². The van der Waals surface area contributed by atoms with Crippen molar-refractivity contribution >= 4 is 11.7 Å². The standard InChI is InChI=1S/C13H19N3O/c1-4-5-8-11-9(16-12(14)15-8)6-13(2,3)7-10(11)17/h4-7H2,1-3H3,(H2,14,15,16). The van der Waals surface area contributed by atoms with Crippen LogP contribution >= 0.6 is 0 Å². The Hall–Kier alpha value is -1.45. The highest BCUT2D eigenvalue weighted by molar-refractivity contribution is 5.99. The molecule has 0 unspecified atom stereocenters. The molecule has 0 saturated heterocycles. The van der Waals surface area contributed by atoms with Gasteiger partial charge in [0.1, 0.15) is 0 Å². The maximum atomic E-state index is 12.2. The van der Waals surface area contributed by atoms with Crippen LogP contribution in [-0.2, 0) is 12.8 Å². The number of nitrogens with two attached hydrogens (primary N) is 1. The Balaban J connectivity index is 2.54. The number of carbonyl (C=O) groups is 1. The summed E-state index contributed by atoms with van der Waals surface area (Å²) >= 11 is 0. The van der Waals surface area contributed by atoms with Crippen molar-refractivity contribution in [3.63, 3.8) is 0 Å². The predicted octanol–water partition coefficient (Wildman–Crippen LogP) is 2.17. The molecule has 0 bridgehead atoms. The van der Waals surface area contributed by atoms with Gasteiger partial charge in [-0.25, -0.2) is 9.97 Å². The second-order valence-corrected chi connectivity index (χ2v) is 5.54. The summed E-state index contributed by atoms with van der Waals surface area (Å²) in [5.74, 6) is 0.456. The van der Waals surface area contributed by atoms with E-state index in [1.807, 2.05) is 0 Å². The lowest BCUT2D eigenvalue weighted by Gasteiger charge is -2.30. The van der Waals surface area contributed by atoms with Gasteiger partial charge in [0.15, 0.2) is 5.78 Å². The second-order valence-electron chi connectivity index (χ2n) is 5.54. The summed E-state index contributed by atoms with van der Waals surface area (Å²) in [5, 5.41) is 0. The Morgan fingerprint density at radius 1 is 1.29 bits per heavy atom. The average Bonchev–Trinajstić information content (AvgIpc) is 2.13. The summed E-state index contributed by atoms with van der Waals surface area (Å²) in [4.78, 5) is 20.7. The van der Waals surface area contributed by atoms with Gasteiger partial charge < -0.3 is 5.73 Å². The lowest BCUT2D eigenvalue weighted by molar-refractivity contribution is 0.0908. The zero-order chi connectivity index (χ0) is 12.6. The van der Waals surface area contributed by atoms with Gasteiger partial charge in [0.2, 0.25) is 5.95 Å². The summed E-state index contributed by atoms with van der Waals surface area (Å²) in [7, 11) is 0. The van der Waals surface area contributed by atoms with Gasteiger partial charge in [-0.3, -0.25) is 4.79 Å². The minimum atomic E-state index is -0.0195. The lowest BCUT2D eigenvalue weighted by atomic mass is 9.75. The van der Waals surface area contributed by atoms with E-state index in [1.165, 1.54) is 0 Å². The van der Waals surface area contributed by atoms with Gasteiger partial charge in [-0.05, 0) is 18.3 Å². The molecule has 0 aliphatic heterocycles. The molecule has 92 valence electrons. The third kappa shape index (κ3) is 2.30. The maximum absolute atomic E-state index is 12.2. The first-order chi connectivity index (χ1) is 7.93. The summed E-state index contributed by atoms with van der Waals surface area (Å²) in [6, 6.07) is 0. The molecule has 0 fully saturated rings. The van der Waals surface area contributed by atoms with Gasteiger partial charge >= 0.3 is 0 Å². The minimum Gasteiger partial charge on any atom is -0.368 e. The zero-order valence-electron chi connectivity index (χ0n) is 10.7. The van der Waals surface area contributed by atoms with E-state index in [1.54, 1.807) is 0 Å². The first-order valence-corrected chi connectivity index (χ1v) is 6.11.